The fraction of sp³-hybridized carbons (Fsp3) is 1.00. The van der Waals surface area contributed by atoms with Crippen molar-refractivity contribution in [2.45, 2.75) is 13.0 Å². The lowest BCUT2D eigenvalue weighted by atomic mass is 10.3. The molecule has 0 aliphatic carbocycles. The van der Waals surface area contributed by atoms with Gasteiger partial charge in [-0.2, -0.15) is 0 Å². The highest BCUT2D eigenvalue weighted by Crippen LogP contribution is 2.08. The van der Waals surface area contributed by atoms with Crippen LogP contribution in [0.3, 0.4) is 0 Å². The molecule has 0 heterocycles. The predicted octanol–water partition coefficient (Wildman–Crippen LogP) is 1.01. The standard InChI is InChI=1S/C5H13IN2S/c1-5(4-7)8-2-3-9-6/h5,8H,2-4,7H2,1H3. The first kappa shape index (κ1) is 10.0. The number of hydrogen-bond acceptors (Lipinski definition) is 3. The summed E-state index contributed by atoms with van der Waals surface area (Å²) in [5.74, 6) is 1.16. The topological polar surface area (TPSA) is 38.0 Å². The molecule has 0 fully saturated rings. The number of halogens is 1. The van der Waals surface area contributed by atoms with Crippen LogP contribution in [0.1, 0.15) is 6.92 Å². The second kappa shape index (κ2) is 7.11. The van der Waals surface area contributed by atoms with Gasteiger partial charge in [0, 0.05) is 24.9 Å². The van der Waals surface area contributed by atoms with Gasteiger partial charge < -0.3 is 11.1 Å². The van der Waals surface area contributed by atoms with Gasteiger partial charge >= 0.3 is 0 Å². The molecule has 0 aromatic carbocycles. The summed E-state index contributed by atoms with van der Waals surface area (Å²) in [6.07, 6.45) is 0. The summed E-state index contributed by atoms with van der Waals surface area (Å²) in [7, 11) is 1.82. The zero-order chi connectivity index (χ0) is 7.11. The van der Waals surface area contributed by atoms with Gasteiger partial charge in [0.25, 0.3) is 0 Å². The Morgan fingerprint density at radius 1 is 1.78 bits per heavy atom. The van der Waals surface area contributed by atoms with E-state index in [1.807, 2.05) is 8.93 Å². The highest BCUT2D eigenvalue weighted by Gasteiger charge is 1.94. The molecule has 0 aliphatic rings. The quantitative estimate of drug-likeness (QED) is 0.572. The average molecular weight is 260 g/mol. The average Bonchev–Trinajstić information content (AvgIpc) is 1.89. The van der Waals surface area contributed by atoms with Crippen molar-refractivity contribution in [3.05, 3.63) is 0 Å². The van der Waals surface area contributed by atoms with E-state index in [0.29, 0.717) is 6.04 Å². The Morgan fingerprint density at radius 3 is 2.89 bits per heavy atom. The van der Waals surface area contributed by atoms with Gasteiger partial charge in [-0.1, -0.05) is 8.93 Å². The van der Waals surface area contributed by atoms with Crippen molar-refractivity contribution in [3.63, 3.8) is 0 Å². The maximum Gasteiger partial charge on any atom is 0.0162 e. The summed E-state index contributed by atoms with van der Waals surface area (Å²) in [4.78, 5) is 0. The molecule has 3 N–H and O–H groups in total. The molecule has 0 amide bonds. The predicted molar refractivity (Wildman–Crippen MR) is 53.0 cm³/mol. The van der Waals surface area contributed by atoms with E-state index >= 15 is 0 Å². The molecular weight excluding hydrogens is 247 g/mol. The molecule has 0 rings (SSSR count). The summed E-state index contributed by atoms with van der Waals surface area (Å²) in [5, 5.41) is 3.28. The zero-order valence-electron chi connectivity index (χ0n) is 5.56. The molecule has 0 aromatic rings. The van der Waals surface area contributed by atoms with E-state index < -0.39 is 0 Å². The molecule has 0 bridgehead atoms. The Hall–Kier alpha value is 1.00. The smallest absolute Gasteiger partial charge is 0.0162 e. The van der Waals surface area contributed by atoms with E-state index in [1.165, 1.54) is 0 Å². The minimum atomic E-state index is 0.466. The van der Waals surface area contributed by atoms with Crippen molar-refractivity contribution in [2.24, 2.45) is 5.73 Å². The second-order valence-electron chi connectivity index (χ2n) is 1.90. The normalized spacial score (nSPS) is 13.7. The second-order valence-corrected chi connectivity index (χ2v) is 4.40. The summed E-state index contributed by atoms with van der Waals surface area (Å²) in [6.45, 7) is 3.88. The summed E-state index contributed by atoms with van der Waals surface area (Å²) >= 11 is 2.29. The summed E-state index contributed by atoms with van der Waals surface area (Å²) in [6, 6.07) is 0.466. The third-order valence-corrected chi connectivity index (χ3v) is 2.71. The first-order chi connectivity index (χ1) is 4.31. The lowest BCUT2D eigenvalue weighted by molar-refractivity contribution is 0.580. The molecule has 9 heavy (non-hydrogen) atoms. The van der Waals surface area contributed by atoms with Crippen LogP contribution in [0.25, 0.3) is 0 Å². The number of nitrogens with one attached hydrogen (secondary N) is 1. The Bertz CT molecular complexity index is 62.9. The minimum absolute atomic E-state index is 0.466. The molecule has 0 saturated carbocycles. The molecule has 0 aromatic heterocycles. The van der Waals surface area contributed by atoms with Crippen molar-refractivity contribution >= 4 is 30.1 Å². The minimum Gasteiger partial charge on any atom is -0.329 e. The maximum atomic E-state index is 5.38. The fourth-order valence-corrected chi connectivity index (χ4v) is 1.28. The zero-order valence-corrected chi connectivity index (χ0v) is 8.54. The number of rotatable bonds is 5. The SMILES string of the molecule is CC(CN)NCCSI. The molecule has 0 radical (unpaired) electrons. The van der Waals surface area contributed by atoms with E-state index in [2.05, 4.69) is 33.4 Å². The van der Waals surface area contributed by atoms with Gasteiger partial charge in [0.05, 0.1) is 0 Å². The van der Waals surface area contributed by atoms with E-state index in [0.717, 1.165) is 18.8 Å². The van der Waals surface area contributed by atoms with Crippen LogP contribution < -0.4 is 11.1 Å². The van der Waals surface area contributed by atoms with Gasteiger partial charge in [0.1, 0.15) is 0 Å². The molecule has 2 nitrogen and oxygen atoms in total. The van der Waals surface area contributed by atoms with Crippen LogP contribution in [0.4, 0.5) is 0 Å². The molecule has 1 atom stereocenters. The van der Waals surface area contributed by atoms with E-state index in [-0.39, 0.29) is 0 Å². The number of hydrogen-bond donors (Lipinski definition) is 2. The monoisotopic (exact) mass is 260 g/mol. The molecule has 1 unspecified atom stereocenters. The van der Waals surface area contributed by atoms with Crippen molar-refractivity contribution in [1.29, 1.82) is 0 Å². The van der Waals surface area contributed by atoms with Crippen molar-refractivity contribution < 1.29 is 0 Å². The molecule has 0 aliphatic heterocycles. The van der Waals surface area contributed by atoms with Gasteiger partial charge in [-0.05, 0) is 28.1 Å². The Kier molecular flexibility index (Phi) is 7.90. The maximum absolute atomic E-state index is 5.38. The van der Waals surface area contributed by atoms with Gasteiger partial charge in [-0.15, -0.1) is 0 Å². The summed E-state index contributed by atoms with van der Waals surface area (Å²) < 4.78 is 0. The third-order valence-electron chi connectivity index (χ3n) is 1.03. The van der Waals surface area contributed by atoms with Crippen LogP contribution in [0, 0.1) is 0 Å². The molecular formula is C5H13IN2S. The first-order valence-corrected chi connectivity index (χ1v) is 6.51. The van der Waals surface area contributed by atoms with Gasteiger partial charge in [0.2, 0.25) is 0 Å². The Morgan fingerprint density at radius 2 is 2.44 bits per heavy atom. The van der Waals surface area contributed by atoms with Gasteiger partial charge in [0.15, 0.2) is 0 Å². The third kappa shape index (κ3) is 6.89. The lowest BCUT2D eigenvalue weighted by Crippen LogP contribution is -2.34. The van der Waals surface area contributed by atoms with E-state index in [9.17, 15) is 0 Å². The van der Waals surface area contributed by atoms with Gasteiger partial charge in [-0.3, -0.25) is 0 Å². The molecule has 0 saturated heterocycles. The van der Waals surface area contributed by atoms with Crippen LogP contribution in [0.2, 0.25) is 0 Å². The van der Waals surface area contributed by atoms with Crippen LogP contribution >= 0.6 is 30.1 Å². The van der Waals surface area contributed by atoms with Crippen LogP contribution in [0.5, 0.6) is 0 Å². The van der Waals surface area contributed by atoms with Crippen molar-refractivity contribution in [2.75, 3.05) is 18.8 Å². The highest BCUT2D eigenvalue weighted by molar-refractivity contribution is 14.2. The van der Waals surface area contributed by atoms with E-state index in [4.69, 9.17) is 5.73 Å². The molecule has 4 heteroatoms. The van der Waals surface area contributed by atoms with Crippen LogP contribution in [-0.4, -0.2) is 24.9 Å². The van der Waals surface area contributed by atoms with Crippen LogP contribution in [0.15, 0.2) is 0 Å². The number of nitrogens with two attached hydrogens (primary N) is 1. The largest absolute Gasteiger partial charge is 0.329 e. The van der Waals surface area contributed by atoms with E-state index in [1.54, 1.807) is 0 Å². The highest BCUT2D eigenvalue weighted by atomic mass is 127. The summed E-state index contributed by atoms with van der Waals surface area (Å²) in [5.41, 5.74) is 5.38. The van der Waals surface area contributed by atoms with Crippen LogP contribution in [-0.2, 0) is 0 Å². The van der Waals surface area contributed by atoms with Gasteiger partial charge in [-0.25, -0.2) is 0 Å². The van der Waals surface area contributed by atoms with Crippen molar-refractivity contribution in [3.8, 4) is 0 Å². The molecule has 0 spiro atoms. The Balaban J connectivity index is 2.88. The molecule has 56 valence electrons. The lowest BCUT2D eigenvalue weighted by Gasteiger charge is -2.08. The first-order valence-electron chi connectivity index (χ1n) is 2.98. The fourth-order valence-electron chi connectivity index (χ4n) is 0.427. The van der Waals surface area contributed by atoms with Crippen molar-refractivity contribution in [1.82, 2.24) is 5.32 Å². The Labute approximate surface area is 72.9 Å².